The van der Waals surface area contributed by atoms with Crippen LogP contribution in [0.1, 0.15) is 39.7 Å². The number of esters is 1. The largest absolute Gasteiger partial charge is 0.466 e. The molecule has 3 aliphatic heterocycles. The molecule has 1 aromatic rings. The van der Waals surface area contributed by atoms with Crippen molar-refractivity contribution in [1.29, 1.82) is 0 Å². The van der Waals surface area contributed by atoms with Crippen molar-refractivity contribution in [1.82, 2.24) is 4.90 Å². The molecule has 4 rings (SSSR count). The van der Waals surface area contributed by atoms with E-state index in [-0.39, 0.29) is 25.0 Å². The Balaban J connectivity index is 1.81. The molecule has 3 heterocycles. The van der Waals surface area contributed by atoms with E-state index in [9.17, 15) is 19.5 Å². The Morgan fingerprint density at radius 3 is 2.73 bits per heavy atom. The zero-order chi connectivity index (χ0) is 24.3. The van der Waals surface area contributed by atoms with Gasteiger partial charge >= 0.3 is 5.97 Å². The number of carbonyl (C=O) groups is 3. The molecule has 9 heteroatoms. The fraction of sp³-hybridized carbons (Fsp3) is 0.625. The van der Waals surface area contributed by atoms with Crippen LogP contribution in [0.3, 0.4) is 0 Å². The van der Waals surface area contributed by atoms with Gasteiger partial charge in [0.25, 0.3) is 0 Å². The highest BCUT2D eigenvalue weighted by Crippen LogP contribution is 2.65. The van der Waals surface area contributed by atoms with Gasteiger partial charge in [-0.05, 0) is 51.7 Å². The lowest BCUT2D eigenvalue weighted by Gasteiger charge is -2.36. The molecule has 33 heavy (non-hydrogen) atoms. The van der Waals surface area contributed by atoms with E-state index in [1.165, 1.54) is 4.90 Å². The van der Waals surface area contributed by atoms with E-state index in [1.54, 1.807) is 26.0 Å². The number of ether oxygens (including phenoxy) is 2. The summed E-state index contributed by atoms with van der Waals surface area (Å²) < 4.78 is 11.9. The number of fused-ring (bicyclic) bond motifs is 1. The Kier molecular flexibility index (Phi) is 6.00. The van der Waals surface area contributed by atoms with Crippen molar-refractivity contribution in [3.05, 3.63) is 28.8 Å². The smallest absolute Gasteiger partial charge is 0.312 e. The molecule has 2 amide bonds. The van der Waals surface area contributed by atoms with Gasteiger partial charge in [-0.15, -0.1) is 0 Å². The Bertz CT molecular complexity index is 981. The van der Waals surface area contributed by atoms with Crippen LogP contribution in [0.5, 0.6) is 0 Å². The number of rotatable bonds is 6. The summed E-state index contributed by atoms with van der Waals surface area (Å²) in [5.41, 5.74) is -0.898. The van der Waals surface area contributed by atoms with Crippen LogP contribution in [0, 0.1) is 24.7 Å². The zero-order valence-corrected chi connectivity index (χ0v) is 20.3. The van der Waals surface area contributed by atoms with Gasteiger partial charge in [-0.2, -0.15) is 0 Å². The first-order valence-electron chi connectivity index (χ1n) is 11.4. The van der Waals surface area contributed by atoms with E-state index in [0.29, 0.717) is 17.1 Å². The third kappa shape index (κ3) is 3.29. The molecule has 0 radical (unpaired) electrons. The normalized spacial score (nSPS) is 35.5. The van der Waals surface area contributed by atoms with Crippen molar-refractivity contribution in [3.8, 4) is 0 Å². The summed E-state index contributed by atoms with van der Waals surface area (Å²) in [7, 11) is 0. The Morgan fingerprint density at radius 2 is 2.12 bits per heavy atom. The second kappa shape index (κ2) is 8.25. The summed E-state index contributed by atoms with van der Waals surface area (Å²) in [6.07, 6.45) is 0.435. The molecule has 3 unspecified atom stereocenters. The van der Waals surface area contributed by atoms with Gasteiger partial charge in [0.15, 0.2) is 0 Å². The average molecular weight is 479 g/mol. The van der Waals surface area contributed by atoms with E-state index in [4.69, 9.17) is 21.1 Å². The minimum Gasteiger partial charge on any atom is -0.466 e. The summed E-state index contributed by atoms with van der Waals surface area (Å²) in [4.78, 5) is 42.0. The molecule has 0 aromatic heterocycles. The molecule has 8 nitrogen and oxygen atoms in total. The van der Waals surface area contributed by atoms with Crippen molar-refractivity contribution in [2.24, 2.45) is 17.8 Å². The first-order chi connectivity index (χ1) is 15.5. The lowest BCUT2D eigenvalue weighted by atomic mass is 9.62. The van der Waals surface area contributed by atoms with Crippen LogP contribution in [-0.2, 0) is 23.9 Å². The van der Waals surface area contributed by atoms with Gasteiger partial charge in [-0.25, -0.2) is 0 Å². The summed E-state index contributed by atoms with van der Waals surface area (Å²) in [6.45, 7) is 8.86. The highest BCUT2D eigenvalue weighted by Gasteiger charge is 2.80. The van der Waals surface area contributed by atoms with Crippen LogP contribution in [0.25, 0.3) is 0 Å². The minimum absolute atomic E-state index is 0.0855. The number of hydrogen-bond donors (Lipinski definition) is 2. The quantitative estimate of drug-likeness (QED) is 0.609. The predicted molar refractivity (Wildman–Crippen MR) is 122 cm³/mol. The number of benzene rings is 1. The molecule has 180 valence electrons. The molecular weight excluding hydrogens is 448 g/mol. The van der Waals surface area contributed by atoms with Crippen LogP contribution in [0.4, 0.5) is 5.69 Å². The van der Waals surface area contributed by atoms with E-state index >= 15 is 0 Å². The number of para-hydroxylation sites is 1. The highest BCUT2D eigenvalue weighted by atomic mass is 35.5. The summed E-state index contributed by atoms with van der Waals surface area (Å²) >= 11 is 6.34. The summed E-state index contributed by atoms with van der Waals surface area (Å²) in [5, 5.41) is 13.2. The number of carbonyl (C=O) groups excluding carboxylic acids is 3. The molecule has 1 spiro atoms. The molecule has 3 fully saturated rings. The Hall–Kier alpha value is -2.16. The number of anilines is 1. The van der Waals surface area contributed by atoms with Crippen LogP contribution in [0.15, 0.2) is 18.2 Å². The van der Waals surface area contributed by atoms with Crippen molar-refractivity contribution < 1.29 is 29.0 Å². The van der Waals surface area contributed by atoms with Crippen LogP contribution >= 0.6 is 11.6 Å². The van der Waals surface area contributed by atoms with Gasteiger partial charge in [0.1, 0.15) is 17.6 Å². The van der Waals surface area contributed by atoms with Gasteiger partial charge in [-0.3, -0.25) is 14.4 Å². The topological polar surface area (TPSA) is 105 Å². The summed E-state index contributed by atoms with van der Waals surface area (Å²) in [6, 6.07) is 3.62. The Labute approximate surface area is 198 Å². The molecule has 1 aromatic carbocycles. The standard InChI is InChI=1S/C24H31ClN2O6/c1-6-32-22(31)17-16-21(30)27(14(4)11-28)19(24(16)10-13(3)23(17,5)33-24)20(29)26-18-12(2)8-7-9-15(18)25/h7-9,13-14,16-17,19,28H,6,10-11H2,1-5H3,(H,26,29)/t13?,14-,16+,17+,19?,23-,24?/m1/s1. The molecule has 2 bridgehead atoms. The third-order valence-electron chi connectivity index (χ3n) is 7.75. The van der Waals surface area contributed by atoms with Crippen molar-refractivity contribution in [3.63, 3.8) is 0 Å². The van der Waals surface area contributed by atoms with Gasteiger partial charge in [-0.1, -0.05) is 30.7 Å². The van der Waals surface area contributed by atoms with Gasteiger partial charge in [0.2, 0.25) is 11.8 Å². The SMILES string of the molecule is CCOC(=O)[C@@H]1[C@H]2C(=O)N([C@H](C)CO)C(C(=O)Nc3c(C)cccc3Cl)C23CC(C)[C@@]1(C)O3. The molecule has 7 atom stereocenters. The first-order valence-corrected chi connectivity index (χ1v) is 11.8. The minimum atomic E-state index is -1.20. The van der Waals surface area contributed by atoms with Crippen LogP contribution in [-0.4, -0.2) is 64.3 Å². The Morgan fingerprint density at radius 1 is 1.42 bits per heavy atom. The number of aliphatic hydroxyl groups excluding tert-OH is 1. The van der Waals surface area contributed by atoms with Crippen molar-refractivity contribution in [2.45, 2.75) is 64.3 Å². The average Bonchev–Trinajstić information content (AvgIpc) is 3.27. The van der Waals surface area contributed by atoms with E-state index in [1.807, 2.05) is 26.8 Å². The fourth-order valence-electron chi connectivity index (χ4n) is 6.11. The maximum Gasteiger partial charge on any atom is 0.312 e. The monoisotopic (exact) mass is 478 g/mol. The molecule has 0 aliphatic carbocycles. The summed E-state index contributed by atoms with van der Waals surface area (Å²) in [5.74, 6) is -3.11. The van der Waals surface area contributed by atoms with E-state index < -0.39 is 47.0 Å². The van der Waals surface area contributed by atoms with Crippen LogP contribution in [0.2, 0.25) is 5.02 Å². The molecule has 2 N–H and O–H groups in total. The van der Waals surface area contributed by atoms with E-state index in [0.717, 1.165) is 5.56 Å². The van der Waals surface area contributed by atoms with Crippen molar-refractivity contribution >= 4 is 35.1 Å². The first kappa shape index (κ1) is 24.0. The number of nitrogens with zero attached hydrogens (tertiary/aromatic N) is 1. The molecule has 3 aliphatic rings. The number of halogens is 1. The number of aliphatic hydroxyl groups is 1. The second-order valence-corrected chi connectivity index (χ2v) is 10.1. The maximum atomic E-state index is 13.8. The molecule has 0 saturated carbocycles. The zero-order valence-electron chi connectivity index (χ0n) is 19.6. The number of hydrogen-bond acceptors (Lipinski definition) is 6. The van der Waals surface area contributed by atoms with Gasteiger partial charge < -0.3 is 24.8 Å². The van der Waals surface area contributed by atoms with E-state index in [2.05, 4.69) is 5.32 Å². The lowest BCUT2D eigenvalue weighted by Crippen LogP contribution is -2.56. The van der Waals surface area contributed by atoms with Gasteiger partial charge in [0.05, 0.1) is 41.5 Å². The lowest BCUT2D eigenvalue weighted by molar-refractivity contribution is -0.161. The van der Waals surface area contributed by atoms with Crippen LogP contribution < -0.4 is 5.32 Å². The third-order valence-corrected chi connectivity index (χ3v) is 8.07. The maximum absolute atomic E-state index is 13.8. The molecular formula is C24H31ClN2O6. The predicted octanol–water partition coefficient (Wildman–Crippen LogP) is 2.54. The fourth-order valence-corrected chi connectivity index (χ4v) is 6.38. The number of amides is 2. The number of aryl methyl sites for hydroxylation is 1. The van der Waals surface area contributed by atoms with Gasteiger partial charge in [0, 0.05) is 0 Å². The highest BCUT2D eigenvalue weighted by molar-refractivity contribution is 6.34. The second-order valence-electron chi connectivity index (χ2n) is 9.65. The number of nitrogens with one attached hydrogen (secondary N) is 1. The number of likely N-dealkylation sites (tertiary alicyclic amines) is 1. The van der Waals surface area contributed by atoms with Crippen molar-refractivity contribution in [2.75, 3.05) is 18.5 Å². The molecule has 3 saturated heterocycles.